The molecule has 10 nitrogen and oxygen atoms in total. The standard InChI is InChI=1S/C21H30ClN5O5/c1-21(2,3)27(20(31)32)15-10-12(19(30)26(4)5)6-8-14(15)24-17(28)18(29)25-16-9-7-13(22)11-23-16/h7,9,11-12,14-15H,6,8,10H2,1-5H3,(H,24,28)(H,31,32)(H,23,25,29)/p-1/t12-,14-,15+/m0/s1. The minimum atomic E-state index is -1.41. The molecule has 0 saturated heterocycles. The lowest BCUT2D eigenvalue weighted by atomic mass is 9.79. The maximum Gasteiger partial charge on any atom is 0.314 e. The van der Waals surface area contributed by atoms with E-state index in [2.05, 4.69) is 15.6 Å². The minimum absolute atomic E-state index is 0.112. The van der Waals surface area contributed by atoms with Crippen molar-refractivity contribution < 1.29 is 24.3 Å². The molecule has 32 heavy (non-hydrogen) atoms. The highest BCUT2D eigenvalue weighted by Crippen LogP contribution is 2.32. The second-order valence-corrected chi connectivity index (χ2v) is 9.45. The molecule has 1 aliphatic carbocycles. The predicted octanol–water partition coefficient (Wildman–Crippen LogP) is 0.859. The van der Waals surface area contributed by atoms with E-state index < -0.39 is 41.4 Å². The fourth-order valence-corrected chi connectivity index (χ4v) is 4.07. The third-order valence-corrected chi connectivity index (χ3v) is 5.57. The largest absolute Gasteiger partial charge is 0.530 e. The van der Waals surface area contributed by atoms with Gasteiger partial charge in [-0.05, 0) is 52.2 Å². The SMILES string of the molecule is CN(C)C(=O)[C@H]1CC[C@H](NC(=O)C(=O)Nc2ccc(Cl)cn2)[C@H](N(C(=O)[O-])C(C)(C)C)C1. The number of hydrogen-bond donors (Lipinski definition) is 2. The Morgan fingerprint density at radius 3 is 2.28 bits per heavy atom. The molecule has 0 unspecified atom stereocenters. The Kier molecular flexibility index (Phi) is 8.06. The third-order valence-electron chi connectivity index (χ3n) is 5.35. The van der Waals surface area contributed by atoms with Crippen LogP contribution < -0.4 is 15.7 Å². The molecule has 4 amide bonds. The number of carbonyl (C=O) groups excluding carboxylic acids is 4. The Labute approximate surface area is 192 Å². The van der Waals surface area contributed by atoms with E-state index in [1.54, 1.807) is 34.9 Å². The number of nitrogens with one attached hydrogen (secondary N) is 2. The summed E-state index contributed by atoms with van der Waals surface area (Å²) in [5.74, 6) is -2.24. The molecule has 1 fully saturated rings. The number of carboxylic acid groups (broad SMARTS) is 1. The van der Waals surface area contributed by atoms with Gasteiger partial charge in [-0.1, -0.05) is 11.6 Å². The number of halogens is 1. The van der Waals surface area contributed by atoms with Crippen LogP contribution in [0.5, 0.6) is 0 Å². The van der Waals surface area contributed by atoms with Crippen molar-refractivity contribution in [1.82, 2.24) is 20.1 Å². The Morgan fingerprint density at radius 2 is 1.78 bits per heavy atom. The topological polar surface area (TPSA) is 135 Å². The summed E-state index contributed by atoms with van der Waals surface area (Å²) in [6.07, 6.45) is 0.897. The fourth-order valence-electron chi connectivity index (χ4n) is 3.95. The second kappa shape index (κ2) is 10.2. The molecule has 0 radical (unpaired) electrons. The summed E-state index contributed by atoms with van der Waals surface area (Å²) >= 11 is 5.76. The average molecular weight is 467 g/mol. The van der Waals surface area contributed by atoms with Crippen molar-refractivity contribution in [2.45, 2.75) is 57.7 Å². The van der Waals surface area contributed by atoms with Gasteiger partial charge in [0.05, 0.1) is 11.1 Å². The van der Waals surface area contributed by atoms with Crippen LogP contribution in [-0.4, -0.2) is 70.3 Å². The molecule has 1 saturated carbocycles. The maximum absolute atomic E-state index is 12.6. The molecule has 2 rings (SSSR count). The van der Waals surface area contributed by atoms with E-state index in [1.807, 2.05) is 0 Å². The number of anilines is 1. The van der Waals surface area contributed by atoms with Crippen molar-refractivity contribution in [2.24, 2.45) is 5.92 Å². The molecule has 11 heteroatoms. The number of aromatic nitrogens is 1. The van der Waals surface area contributed by atoms with Crippen LogP contribution >= 0.6 is 11.6 Å². The highest BCUT2D eigenvalue weighted by atomic mass is 35.5. The second-order valence-electron chi connectivity index (χ2n) is 9.01. The van der Waals surface area contributed by atoms with E-state index in [9.17, 15) is 24.3 Å². The molecule has 2 N–H and O–H groups in total. The van der Waals surface area contributed by atoms with Gasteiger partial charge in [-0.25, -0.2) is 4.98 Å². The molecule has 0 aliphatic heterocycles. The number of amides is 4. The summed E-state index contributed by atoms with van der Waals surface area (Å²) in [5, 5.41) is 17.4. The summed E-state index contributed by atoms with van der Waals surface area (Å²) in [7, 11) is 3.28. The summed E-state index contributed by atoms with van der Waals surface area (Å²) in [5.41, 5.74) is -0.842. The number of rotatable bonds is 4. The van der Waals surface area contributed by atoms with Crippen LogP contribution in [0.3, 0.4) is 0 Å². The van der Waals surface area contributed by atoms with E-state index in [1.165, 1.54) is 23.2 Å². The van der Waals surface area contributed by atoms with Gasteiger partial charge in [0.25, 0.3) is 0 Å². The molecule has 1 aromatic heterocycles. The Balaban J connectivity index is 2.21. The van der Waals surface area contributed by atoms with E-state index >= 15 is 0 Å². The lowest BCUT2D eigenvalue weighted by molar-refractivity contribution is -0.275. The van der Waals surface area contributed by atoms with Gasteiger partial charge in [0, 0.05) is 37.8 Å². The molecule has 176 valence electrons. The number of pyridine rings is 1. The van der Waals surface area contributed by atoms with Gasteiger partial charge in [-0.2, -0.15) is 0 Å². The highest BCUT2D eigenvalue weighted by molar-refractivity contribution is 6.39. The van der Waals surface area contributed by atoms with Gasteiger partial charge in [-0.3, -0.25) is 14.4 Å². The van der Waals surface area contributed by atoms with E-state index in [-0.39, 0.29) is 18.1 Å². The lowest BCUT2D eigenvalue weighted by Gasteiger charge is -2.49. The molecular weight excluding hydrogens is 438 g/mol. The molecule has 1 heterocycles. The highest BCUT2D eigenvalue weighted by Gasteiger charge is 2.42. The van der Waals surface area contributed by atoms with Crippen LogP contribution in [0.2, 0.25) is 5.02 Å². The summed E-state index contributed by atoms with van der Waals surface area (Å²) < 4.78 is 0. The first-order chi connectivity index (χ1) is 14.8. The number of carbonyl (C=O) groups is 4. The van der Waals surface area contributed by atoms with Crippen molar-refractivity contribution in [3.8, 4) is 0 Å². The van der Waals surface area contributed by atoms with Gasteiger partial charge in [0.2, 0.25) is 5.91 Å². The van der Waals surface area contributed by atoms with Crippen LogP contribution in [0.25, 0.3) is 0 Å². The lowest BCUT2D eigenvalue weighted by Crippen LogP contribution is -2.65. The van der Waals surface area contributed by atoms with Crippen LogP contribution in [-0.2, 0) is 14.4 Å². The molecule has 0 spiro atoms. The Morgan fingerprint density at radius 1 is 1.12 bits per heavy atom. The zero-order valence-electron chi connectivity index (χ0n) is 18.8. The average Bonchev–Trinajstić information content (AvgIpc) is 2.68. The van der Waals surface area contributed by atoms with Crippen LogP contribution in [0, 0.1) is 5.92 Å². The monoisotopic (exact) mass is 466 g/mol. The number of hydrogen-bond acceptors (Lipinski definition) is 6. The van der Waals surface area contributed by atoms with Crippen molar-refractivity contribution in [1.29, 1.82) is 0 Å². The number of nitrogens with zero attached hydrogens (tertiary/aromatic N) is 3. The van der Waals surface area contributed by atoms with Crippen molar-refractivity contribution in [2.75, 3.05) is 19.4 Å². The predicted molar refractivity (Wildman–Crippen MR) is 117 cm³/mol. The van der Waals surface area contributed by atoms with Gasteiger partial charge >= 0.3 is 11.8 Å². The van der Waals surface area contributed by atoms with Crippen molar-refractivity contribution >= 4 is 41.2 Å². The molecule has 0 aromatic carbocycles. The van der Waals surface area contributed by atoms with Crippen molar-refractivity contribution in [3.05, 3.63) is 23.4 Å². The van der Waals surface area contributed by atoms with Crippen LogP contribution in [0.15, 0.2) is 18.3 Å². The van der Waals surface area contributed by atoms with E-state index in [0.717, 1.165) is 4.90 Å². The van der Waals surface area contributed by atoms with Gasteiger partial charge in [0.15, 0.2) is 0 Å². The van der Waals surface area contributed by atoms with Crippen LogP contribution in [0.1, 0.15) is 40.0 Å². The maximum atomic E-state index is 12.6. The summed E-state index contributed by atoms with van der Waals surface area (Å²) in [6, 6.07) is 1.55. The van der Waals surface area contributed by atoms with Gasteiger partial charge in [0.1, 0.15) is 11.9 Å². The zero-order chi connectivity index (χ0) is 24.2. The molecule has 3 atom stereocenters. The third kappa shape index (κ3) is 6.32. The summed E-state index contributed by atoms with van der Waals surface area (Å²) in [4.78, 5) is 55.9. The fraction of sp³-hybridized carbons (Fsp3) is 0.571. The van der Waals surface area contributed by atoms with Gasteiger partial charge < -0.3 is 30.3 Å². The first-order valence-corrected chi connectivity index (χ1v) is 10.6. The normalized spacial score (nSPS) is 20.8. The molecule has 1 aromatic rings. The van der Waals surface area contributed by atoms with Crippen molar-refractivity contribution in [3.63, 3.8) is 0 Å². The zero-order valence-corrected chi connectivity index (χ0v) is 19.6. The minimum Gasteiger partial charge on any atom is -0.530 e. The first kappa shape index (κ1) is 25.4. The molecular formula is C21H29ClN5O5-. The van der Waals surface area contributed by atoms with E-state index in [0.29, 0.717) is 17.9 Å². The Bertz CT molecular complexity index is 868. The quantitative estimate of drug-likeness (QED) is 0.632. The van der Waals surface area contributed by atoms with E-state index in [4.69, 9.17) is 11.6 Å². The Hall–Kier alpha value is -2.88. The summed E-state index contributed by atoms with van der Waals surface area (Å²) in [6.45, 7) is 5.12. The molecule has 1 aliphatic rings. The van der Waals surface area contributed by atoms with Gasteiger partial charge in [-0.15, -0.1) is 0 Å². The first-order valence-electron chi connectivity index (χ1n) is 10.3. The smallest absolute Gasteiger partial charge is 0.314 e. The van der Waals surface area contributed by atoms with Crippen LogP contribution in [0.4, 0.5) is 10.6 Å². The molecule has 0 bridgehead atoms.